The van der Waals surface area contributed by atoms with Gasteiger partial charge in [0.15, 0.2) is 0 Å². The molecule has 0 radical (unpaired) electrons. The highest BCUT2D eigenvalue weighted by Crippen LogP contribution is 2.61. The van der Waals surface area contributed by atoms with Gasteiger partial charge in [-0.15, -0.1) is 0 Å². The molecular formula is C30H27Cl2IN4O3. The number of carbonyl (C=O) groups is 2. The Morgan fingerprint density at radius 2 is 2.05 bits per heavy atom. The highest BCUT2D eigenvalue weighted by atomic mass is 127. The number of anilines is 1. The number of allylic oxidation sites excluding steroid dienone is 4. The summed E-state index contributed by atoms with van der Waals surface area (Å²) >= 11 is 15.3. The van der Waals surface area contributed by atoms with Crippen LogP contribution in [0.5, 0.6) is 5.75 Å². The Hall–Kier alpha value is -2.82. The number of amides is 2. The van der Waals surface area contributed by atoms with Crippen LogP contribution in [0.1, 0.15) is 30.0 Å². The van der Waals surface area contributed by atoms with Gasteiger partial charge < -0.3 is 15.0 Å². The molecule has 2 aromatic carbocycles. The summed E-state index contributed by atoms with van der Waals surface area (Å²) in [7, 11) is 1.67. The molecule has 1 aliphatic carbocycles. The number of hydrogen-bond donors (Lipinski definition) is 1. The van der Waals surface area contributed by atoms with Crippen molar-refractivity contribution in [2.45, 2.75) is 24.3 Å². The number of benzene rings is 2. The number of likely N-dealkylation sites (N-methyl/N-ethyl adjacent to an activating group) is 1. The molecule has 2 aromatic rings. The molecule has 1 fully saturated rings. The summed E-state index contributed by atoms with van der Waals surface area (Å²) in [5.74, 6) is 0.799. The number of piperidine rings is 1. The molecule has 0 bridgehead atoms. The van der Waals surface area contributed by atoms with Crippen molar-refractivity contribution in [3.63, 3.8) is 0 Å². The first-order chi connectivity index (χ1) is 19.2. The number of halogens is 3. The third kappa shape index (κ3) is 4.35. The van der Waals surface area contributed by atoms with E-state index in [1.165, 1.54) is 5.01 Å². The lowest BCUT2D eigenvalue weighted by Crippen LogP contribution is -2.63. The Morgan fingerprint density at radius 1 is 1.23 bits per heavy atom. The van der Waals surface area contributed by atoms with E-state index in [1.54, 1.807) is 19.2 Å². The second-order valence-corrected chi connectivity index (χ2v) is 12.6. The van der Waals surface area contributed by atoms with Crippen LogP contribution in [0.3, 0.4) is 0 Å². The molecule has 6 rings (SSSR count). The topological polar surface area (TPSA) is 74.2 Å². The van der Waals surface area contributed by atoms with E-state index in [0.717, 1.165) is 25.6 Å². The number of fused-ring (bicyclic) bond motifs is 3. The van der Waals surface area contributed by atoms with Gasteiger partial charge in [-0.1, -0.05) is 54.1 Å². The van der Waals surface area contributed by atoms with Crippen LogP contribution in [0.4, 0.5) is 5.69 Å². The lowest BCUT2D eigenvalue weighted by molar-refractivity contribution is -0.136. The van der Waals surface area contributed by atoms with E-state index in [-0.39, 0.29) is 30.2 Å². The molecule has 1 unspecified atom stereocenters. The summed E-state index contributed by atoms with van der Waals surface area (Å²) in [6, 6.07) is 10.9. The van der Waals surface area contributed by atoms with E-state index in [4.69, 9.17) is 33.0 Å². The third-order valence-electron chi connectivity index (χ3n) is 8.25. The lowest BCUT2D eigenvalue weighted by atomic mass is 9.56. The zero-order chi connectivity index (χ0) is 28.2. The Balaban J connectivity index is 1.67. The molecule has 10 heteroatoms. The molecular weight excluding hydrogens is 662 g/mol. The van der Waals surface area contributed by atoms with Gasteiger partial charge in [0.2, 0.25) is 5.91 Å². The van der Waals surface area contributed by atoms with Crippen LogP contribution in [0, 0.1) is 15.4 Å². The number of carbonyl (C=O) groups excluding carboxylic acids is 2. The molecule has 3 aliphatic heterocycles. The van der Waals surface area contributed by atoms with Crippen molar-refractivity contribution >= 4 is 69.1 Å². The standard InChI is InChI=1S/C30H27Cl2IN4O3/c1-3-11-40-25-10-8-20(33)14-21(25)28-30(22-9-7-19(32)13-24(22)34-29(30)39)23(17-5-4-6-18(31)12-17)15-26-35-36(2)27(38)16-37(26)28/h3-10,13-14,17,23,28H,1,11-12,15-16H2,2H3,(H,34,39)/t17?,23-,28+,30-/m0/s1. The maximum absolute atomic E-state index is 14.6. The minimum absolute atomic E-state index is 0.0551. The molecule has 0 aromatic heterocycles. The number of amidine groups is 1. The molecule has 3 heterocycles. The Labute approximate surface area is 256 Å². The van der Waals surface area contributed by atoms with E-state index < -0.39 is 11.5 Å². The first-order valence-corrected chi connectivity index (χ1v) is 14.9. The van der Waals surface area contributed by atoms with Crippen molar-refractivity contribution in [3.05, 3.63) is 92.0 Å². The molecule has 4 atom stereocenters. The second-order valence-electron chi connectivity index (χ2n) is 10.4. The summed E-state index contributed by atoms with van der Waals surface area (Å²) in [5.41, 5.74) is 1.22. The fourth-order valence-corrected chi connectivity index (χ4v) is 7.59. The summed E-state index contributed by atoms with van der Waals surface area (Å²) in [6.45, 7) is 4.19. The monoisotopic (exact) mass is 688 g/mol. The molecule has 40 heavy (non-hydrogen) atoms. The van der Waals surface area contributed by atoms with Crippen molar-refractivity contribution in [2.75, 3.05) is 25.5 Å². The smallest absolute Gasteiger partial charge is 0.262 e. The first kappa shape index (κ1) is 27.4. The largest absolute Gasteiger partial charge is 0.489 e. The molecule has 1 spiro atoms. The summed E-state index contributed by atoms with van der Waals surface area (Å²) in [4.78, 5) is 29.7. The predicted molar refractivity (Wildman–Crippen MR) is 166 cm³/mol. The molecule has 2 amide bonds. The zero-order valence-electron chi connectivity index (χ0n) is 21.7. The van der Waals surface area contributed by atoms with E-state index >= 15 is 0 Å². The maximum atomic E-state index is 14.6. The molecule has 1 saturated heterocycles. The molecule has 1 N–H and O–H groups in total. The zero-order valence-corrected chi connectivity index (χ0v) is 25.4. The third-order valence-corrected chi connectivity index (χ3v) is 9.44. The Kier molecular flexibility index (Phi) is 7.21. The van der Waals surface area contributed by atoms with Crippen LogP contribution >= 0.6 is 45.8 Å². The quantitative estimate of drug-likeness (QED) is 0.298. The molecule has 7 nitrogen and oxygen atoms in total. The molecule has 4 aliphatic rings. The van der Waals surface area contributed by atoms with Gasteiger partial charge in [0.1, 0.15) is 30.2 Å². The van der Waals surface area contributed by atoms with Gasteiger partial charge >= 0.3 is 0 Å². The average molecular weight is 689 g/mol. The van der Waals surface area contributed by atoms with Crippen molar-refractivity contribution in [1.82, 2.24) is 9.91 Å². The van der Waals surface area contributed by atoms with Gasteiger partial charge in [-0.2, -0.15) is 5.10 Å². The Bertz CT molecular complexity index is 1520. The number of hydrogen-bond acceptors (Lipinski definition) is 5. The van der Waals surface area contributed by atoms with E-state index in [0.29, 0.717) is 35.9 Å². The van der Waals surface area contributed by atoms with Crippen LogP contribution in [-0.2, 0) is 15.0 Å². The van der Waals surface area contributed by atoms with Crippen molar-refractivity contribution < 1.29 is 14.3 Å². The highest BCUT2D eigenvalue weighted by Gasteiger charge is 2.65. The van der Waals surface area contributed by atoms with E-state index in [1.807, 2.05) is 47.4 Å². The fourth-order valence-electron chi connectivity index (χ4n) is 6.65. The SMILES string of the molecule is C=CCOc1ccc(I)cc1[C@H]1N2CC(=O)N(C)N=C2C[C@@H](C2C=CC=C(Cl)C2)[C@]12C(=O)Nc1cc(Cl)ccc12. The Morgan fingerprint density at radius 3 is 2.83 bits per heavy atom. The summed E-state index contributed by atoms with van der Waals surface area (Å²) in [6.07, 6.45) is 8.76. The van der Waals surface area contributed by atoms with Crippen molar-refractivity contribution in [3.8, 4) is 5.75 Å². The van der Waals surface area contributed by atoms with Crippen molar-refractivity contribution in [1.29, 1.82) is 0 Å². The van der Waals surface area contributed by atoms with Gasteiger partial charge in [0.25, 0.3) is 5.91 Å². The van der Waals surface area contributed by atoms with Gasteiger partial charge in [0.05, 0.1) is 6.04 Å². The predicted octanol–water partition coefficient (Wildman–Crippen LogP) is 6.25. The maximum Gasteiger partial charge on any atom is 0.262 e. The number of nitrogens with zero attached hydrogens (tertiary/aromatic N) is 3. The van der Waals surface area contributed by atoms with Crippen LogP contribution in [0.2, 0.25) is 5.02 Å². The highest BCUT2D eigenvalue weighted by molar-refractivity contribution is 14.1. The van der Waals surface area contributed by atoms with E-state index in [9.17, 15) is 9.59 Å². The summed E-state index contributed by atoms with van der Waals surface area (Å²) < 4.78 is 7.16. The van der Waals surface area contributed by atoms with Gasteiger partial charge in [-0.05, 0) is 82.8 Å². The summed E-state index contributed by atoms with van der Waals surface area (Å²) in [5, 5.41) is 10.6. The number of rotatable bonds is 5. The second kappa shape index (κ2) is 10.5. The van der Waals surface area contributed by atoms with Crippen LogP contribution in [0.15, 0.2) is 77.4 Å². The van der Waals surface area contributed by atoms with Gasteiger partial charge in [0, 0.05) is 38.3 Å². The lowest BCUT2D eigenvalue weighted by Gasteiger charge is -2.55. The first-order valence-electron chi connectivity index (χ1n) is 13.0. The molecule has 206 valence electrons. The average Bonchev–Trinajstić information content (AvgIpc) is 3.19. The number of ether oxygens (including phenoxy) is 1. The number of hydrazone groups is 1. The van der Waals surface area contributed by atoms with Crippen LogP contribution in [0.25, 0.3) is 0 Å². The van der Waals surface area contributed by atoms with Crippen LogP contribution in [-0.4, -0.2) is 47.8 Å². The van der Waals surface area contributed by atoms with E-state index in [2.05, 4.69) is 40.6 Å². The fraction of sp³-hybridized carbons (Fsp3) is 0.300. The number of nitrogens with one attached hydrogen (secondary N) is 1. The normalized spacial score (nSPS) is 27.1. The molecule has 0 saturated carbocycles. The van der Waals surface area contributed by atoms with Crippen LogP contribution < -0.4 is 10.1 Å². The van der Waals surface area contributed by atoms with Gasteiger partial charge in [-0.25, -0.2) is 5.01 Å². The minimum atomic E-state index is -1.10. The van der Waals surface area contributed by atoms with Gasteiger partial charge in [-0.3, -0.25) is 9.59 Å². The van der Waals surface area contributed by atoms with Crippen molar-refractivity contribution in [2.24, 2.45) is 16.9 Å². The minimum Gasteiger partial charge on any atom is -0.489 e.